The second-order valence-electron chi connectivity index (χ2n) is 29.9. The van der Waals surface area contributed by atoms with E-state index in [1.54, 1.807) is 0 Å². The van der Waals surface area contributed by atoms with Crippen LogP contribution in [0, 0.1) is 27.7 Å². The molecule has 18 aromatic rings. The molecule has 0 bridgehead atoms. The number of nitrogens with zero attached hydrogens (tertiary/aromatic N) is 6. The lowest BCUT2D eigenvalue weighted by molar-refractivity contribution is 1.24. The summed E-state index contributed by atoms with van der Waals surface area (Å²) in [5, 5.41) is 4.87. The van der Waals surface area contributed by atoms with Gasteiger partial charge in [0, 0.05) is 102 Å². The van der Waals surface area contributed by atoms with Crippen LogP contribution in [-0.4, -0.2) is 0 Å². The number of hydrogen-bond donors (Lipinski definition) is 0. The van der Waals surface area contributed by atoms with Gasteiger partial charge in [-0.2, -0.15) is 0 Å². The van der Waals surface area contributed by atoms with E-state index in [0.29, 0.717) is 0 Å². The summed E-state index contributed by atoms with van der Waals surface area (Å²) in [7, 11) is 0. The molecule has 0 radical (unpaired) electrons. The van der Waals surface area contributed by atoms with Crippen molar-refractivity contribution < 1.29 is 0 Å². The standard InChI is InChI=1S/C46H34N2.2C34H30N2/c1-2-34-22-28-40(29-23-34)48(46-21-11-15-38-13-7-9-19-44(38)46)42-32-26-36(27-33-42)35-24-30-41(31-25-35)47(39-16-4-3-5-17-39)45-20-10-14-37-12-6-8-18-43(37)45;1-4-28-16-18-30(19-17-28)36(34-15-9-11-27(3)25-34)32-22-20-31(21-23-32)35(29-12-6-5-7-13-29)33-14-8-10-26(2)24-33;1-4-28-14-20-32(21-15-28)36(31-18-12-27(3)13-19-31)34-24-22-33(23-25-34)35(29-8-6-5-7-9-29)30-16-10-26(2)11-17-30/h2-33H,1H2;2*4-25H,1H2,2-3H3. The van der Waals surface area contributed by atoms with Gasteiger partial charge in [-0.25, -0.2) is 0 Å². The molecule has 0 heterocycles. The molecule has 6 nitrogen and oxygen atoms in total. The van der Waals surface area contributed by atoms with Crippen molar-refractivity contribution in [2.45, 2.75) is 27.7 Å². The SMILES string of the molecule is C=Cc1ccc(N(c2ccc(-c3ccc(N(c4ccccc4)c4cccc5ccccc45)cc3)cc2)c2cccc3ccccc23)cc1.C=Cc1ccc(N(c2ccc(C)cc2)c2ccc(N(c3ccccc3)c3ccc(C)cc3)cc2)cc1.C=Cc1ccc(N(c2ccc(N(c3ccccc3)c3cccc(C)c3)cc2)c2cccc(C)c2)cc1. The molecule has 0 saturated carbocycles. The summed E-state index contributed by atoms with van der Waals surface area (Å²) < 4.78 is 0. The highest BCUT2D eigenvalue weighted by molar-refractivity contribution is 6.01. The Morgan fingerprint density at radius 1 is 0.167 bits per heavy atom. The molecule has 0 fully saturated rings. The van der Waals surface area contributed by atoms with E-state index in [1.165, 1.54) is 54.9 Å². The molecule has 0 N–H and O–H groups in total. The minimum absolute atomic E-state index is 1.10. The van der Waals surface area contributed by atoms with E-state index >= 15 is 0 Å². The third-order valence-electron chi connectivity index (χ3n) is 21.6. The molecule has 18 rings (SSSR count). The first kappa shape index (κ1) is 78.4. The molecule has 18 aromatic carbocycles. The molecule has 0 unspecified atom stereocenters. The summed E-state index contributed by atoms with van der Waals surface area (Å²) in [6.45, 7) is 20.2. The second kappa shape index (κ2) is 37.0. The highest BCUT2D eigenvalue weighted by Crippen LogP contribution is 2.46. The molecule has 0 spiro atoms. The van der Waals surface area contributed by atoms with Gasteiger partial charge < -0.3 is 29.4 Å². The topological polar surface area (TPSA) is 19.4 Å². The van der Waals surface area contributed by atoms with Crippen molar-refractivity contribution in [1.29, 1.82) is 0 Å². The van der Waals surface area contributed by atoms with Crippen LogP contribution in [-0.2, 0) is 0 Å². The Balaban J connectivity index is 0.000000136. The largest absolute Gasteiger partial charge is 0.311 e. The van der Waals surface area contributed by atoms with Crippen LogP contribution < -0.4 is 29.4 Å². The van der Waals surface area contributed by atoms with Gasteiger partial charge in [-0.3, -0.25) is 0 Å². The molecule has 120 heavy (non-hydrogen) atoms. The quantitative estimate of drug-likeness (QED) is 0.0669. The van der Waals surface area contributed by atoms with Crippen molar-refractivity contribution in [3.8, 4) is 11.1 Å². The summed E-state index contributed by atoms with van der Waals surface area (Å²) >= 11 is 0. The van der Waals surface area contributed by atoms with Gasteiger partial charge in [-0.15, -0.1) is 0 Å². The van der Waals surface area contributed by atoms with Crippen molar-refractivity contribution in [2.24, 2.45) is 0 Å². The van der Waals surface area contributed by atoms with Crippen molar-refractivity contribution in [1.82, 2.24) is 0 Å². The van der Waals surface area contributed by atoms with Crippen LogP contribution in [0.25, 0.3) is 50.9 Å². The summed E-state index contributed by atoms with van der Waals surface area (Å²) in [6.07, 6.45) is 5.63. The molecule has 0 saturated heterocycles. The Labute approximate surface area is 707 Å². The van der Waals surface area contributed by atoms with Gasteiger partial charge in [0.15, 0.2) is 0 Å². The average molecular weight is 1550 g/mol. The second-order valence-corrected chi connectivity index (χ2v) is 29.9. The van der Waals surface area contributed by atoms with E-state index in [9.17, 15) is 0 Å². The average Bonchev–Trinajstić information content (AvgIpc) is 0.797. The van der Waals surface area contributed by atoms with Gasteiger partial charge in [0.1, 0.15) is 0 Å². The summed E-state index contributed by atoms with van der Waals surface area (Å²) in [5.41, 5.74) is 30.8. The van der Waals surface area contributed by atoms with Crippen LogP contribution in [0.5, 0.6) is 0 Å². The highest BCUT2D eigenvalue weighted by atomic mass is 15.2. The normalized spacial score (nSPS) is 10.8. The maximum atomic E-state index is 3.94. The molecular formula is C114H94N6. The lowest BCUT2D eigenvalue weighted by Crippen LogP contribution is -2.12. The zero-order valence-corrected chi connectivity index (χ0v) is 68.2. The third kappa shape index (κ3) is 18.0. The molecule has 0 aliphatic carbocycles. The Bertz CT molecular complexity index is 6440. The van der Waals surface area contributed by atoms with E-state index < -0.39 is 0 Å². The minimum Gasteiger partial charge on any atom is -0.311 e. The predicted octanol–water partition coefficient (Wildman–Crippen LogP) is 33.0. The van der Waals surface area contributed by atoms with E-state index in [2.05, 4.69) is 520 Å². The summed E-state index contributed by atoms with van der Waals surface area (Å²) in [5.74, 6) is 0. The van der Waals surface area contributed by atoms with Gasteiger partial charge in [0.25, 0.3) is 0 Å². The third-order valence-corrected chi connectivity index (χ3v) is 21.6. The van der Waals surface area contributed by atoms with Gasteiger partial charge >= 0.3 is 0 Å². The maximum Gasteiger partial charge on any atom is 0.0540 e. The number of para-hydroxylation sites is 3. The zero-order chi connectivity index (χ0) is 82.1. The Hall–Kier alpha value is -15.5. The molecule has 6 heteroatoms. The smallest absolute Gasteiger partial charge is 0.0540 e. The van der Waals surface area contributed by atoms with Crippen LogP contribution in [0.2, 0.25) is 0 Å². The fraction of sp³-hybridized carbons (Fsp3) is 0.0351. The fourth-order valence-electron chi connectivity index (χ4n) is 15.5. The molecule has 0 amide bonds. The number of hydrogen-bond acceptors (Lipinski definition) is 6. The number of fused-ring (bicyclic) bond motifs is 2. The first-order valence-corrected chi connectivity index (χ1v) is 40.8. The summed E-state index contributed by atoms with van der Waals surface area (Å²) in [4.78, 5) is 13.8. The highest BCUT2D eigenvalue weighted by Gasteiger charge is 2.22. The molecule has 0 aliphatic rings. The minimum atomic E-state index is 1.10. The first-order valence-electron chi connectivity index (χ1n) is 40.8. The van der Waals surface area contributed by atoms with Crippen LogP contribution >= 0.6 is 0 Å². The molecule has 0 aliphatic heterocycles. The van der Waals surface area contributed by atoms with Gasteiger partial charge in [-0.1, -0.05) is 286 Å². The van der Waals surface area contributed by atoms with E-state index in [0.717, 1.165) is 119 Å². The molecular weight excluding hydrogens is 1450 g/mol. The predicted molar refractivity (Wildman–Crippen MR) is 517 cm³/mol. The fourth-order valence-corrected chi connectivity index (χ4v) is 15.5. The van der Waals surface area contributed by atoms with E-state index in [-0.39, 0.29) is 0 Å². The van der Waals surface area contributed by atoms with Crippen LogP contribution in [0.15, 0.2) is 463 Å². The van der Waals surface area contributed by atoms with Crippen LogP contribution in [0.4, 0.5) is 102 Å². The maximum absolute atomic E-state index is 3.94. The van der Waals surface area contributed by atoms with Crippen molar-refractivity contribution in [3.05, 3.63) is 502 Å². The monoisotopic (exact) mass is 1550 g/mol. The van der Waals surface area contributed by atoms with Crippen LogP contribution in [0.1, 0.15) is 38.9 Å². The number of aryl methyl sites for hydroxylation is 4. The Morgan fingerprint density at radius 2 is 0.375 bits per heavy atom. The zero-order valence-electron chi connectivity index (χ0n) is 68.2. The summed E-state index contributed by atoms with van der Waals surface area (Å²) in [6, 6.07) is 157. The van der Waals surface area contributed by atoms with Crippen molar-refractivity contribution in [2.75, 3.05) is 29.4 Å². The molecule has 0 aromatic heterocycles. The molecule has 580 valence electrons. The van der Waals surface area contributed by atoms with E-state index in [4.69, 9.17) is 0 Å². The van der Waals surface area contributed by atoms with Crippen molar-refractivity contribution >= 4 is 142 Å². The lowest BCUT2D eigenvalue weighted by Gasteiger charge is -2.28. The lowest BCUT2D eigenvalue weighted by atomic mass is 10.0. The first-order chi connectivity index (χ1) is 59.0. The Kier molecular flexibility index (Phi) is 24.2. The van der Waals surface area contributed by atoms with Gasteiger partial charge in [-0.05, 0) is 284 Å². The van der Waals surface area contributed by atoms with Crippen molar-refractivity contribution in [3.63, 3.8) is 0 Å². The van der Waals surface area contributed by atoms with Gasteiger partial charge in [0.2, 0.25) is 0 Å². The molecule has 0 atom stereocenters. The number of benzene rings is 18. The Morgan fingerprint density at radius 3 is 0.667 bits per heavy atom. The number of anilines is 18. The van der Waals surface area contributed by atoms with Gasteiger partial charge in [0.05, 0.1) is 11.4 Å². The van der Waals surface area contributed by atoms with E-state index in [1.807, 2.05) is 18.2 Å². The number of rotatable bonds is 22. The van der Waals surface area contributed by atoms with Crippen LogP contribution in [0.3, 0.4) is 0 Å².